The van der Waals surface area contributed by atoms with Crippen LogP contribution in [-0.4, -0.2) is 23.2 Å². The highest BCUT2D eigenvalue weighted by Gasteiger charge is 2.13. The fraction of sp³-hybridized carbons (Fsp3) is 0.429. The van der Waals surface area contributed by atoms with Crippen molar-refractivity contribution in [1.29, 1.82) is 0 Å². The smallest absolute Gasteiger partial charge is 0.230 e. The van der Waals surface area contributed by atoms with Crippen LogP contribution in [0.1, 0.15) is 37.0 Å². The summed E-state index contributed by atoms with van der Waals surface area (Å²) in [5, 5.41) is 7.32. The Morgan fingerprint density at radius 3 is 2.74 bits per heavy atom. The molecule has 4 nitrogen and oxygen atoms in total. The minimum Gasteiger partial charge on any atom is -0.339 e. The third-order valence-corrected chi connectivity index (χ3v) is 3.41. The first kappa shape index (κ1) is 14.2. The lowest BCUT2D eigenvalue weighted by atomic mass is 10.1. The average molecular weight is 324 g/mol. The van der Waals surface area contributed by atoms with Crippen LogP contribution in [0.4, 0.5) is 0 Å². The van der Waals surface area contributed by atoms with E-state index in [0.717, 1.165) is 23.4 Å². The lowest BCUT2D eigenvalue weighted by Crippen LogP contribution is -2.19. The molecule has 0 fully saturated rings. The Morgan fingerprint density at radius 1 is 1.32 bits per heavy atom. The van der Waals surface area contributed by atoms with Crippen molar-refractivity contribution in [2.75, 3.05) is 13.1 Å². The van der Waals surface area contributed by atoms with Crippen LogP contribution < -0.4 is 5.32 Å². The van der Waals surface area contributed by atoms with Gasteiger partial charge in [-0.15, -0.1) is 0 Å². The monoisotopic (exact) mass is 323 g/mol. The number of rotatable bonds is 6. The summed E-state index contributed by atoms with van der Waals surface area (Å²) < 4.78 is 6.38. The summed E-state index contributed by atoms with van der Waals surface area (Å²) in [5.74, 6) is 1.68. The number of nitrogens with one attached hydrogen (secondary N) is 1. The molecule has 1 aromatic heterocycles. The van der Waals surface area contributed by atoms with Crippen LogP contribution in [0, 0.1) is 0 Å². The average Bonchev–Trinajstić information content (AvgIpc) is 2.87. The zero-order valence-electron chi connectivity index (χ0n) is 11.2. The van der Waals surface area contributed by atoms with Gasteiger partial charge in [0, 0.05) is 23.4 Å². The van der Waals surface area contributed by atoms with Gasteiger partial charge in [-0.1, -0.05) is 47.1 Å². The Morgan fingerprint density at radius 2 is 2.05 bits per heavy atom. The van der Waals surface area contributed by atoms with E-state index >= 15 is 0 Å². The van der Waals surface area contributed by atoms with Crippen LogP contribution in [0.25, 0.3) is 0 Å². The van der Waals surface area contributed by atoms with Crippen LogP contribution in [0.2, 0.25) is 0 Å². The Kier molecular flexibility index (Phi) is 5.10. The third-order valence-electron chi connectivity index (χ3n) is 2.88. The van der Waals surface area contributed by atoms with Gasteiger partial charge in [-0.25, -0.2) is 0 Å². The standard InChI is InChI=1S/C14H18BrN3O/c1-3-16-9-10(2)14-17-13(18-19-14)8-11-4-6-12(15)7-5-11/h4-7,10,16H,3,8-9H2,1-2H3. The molecular weight excluding hydrogens is 306 g/mol. The molecule has 1 aromatic carbocycles. The van der Waals surface area contributed by atoms with E-state index in [-0.39, 0.29) is 5.92 Å². The minimum atomic E-state index is 0.242. The summed E-state index contributed by atoms with van der Waals surface area (Å²) in [7, 11) is 0. The molecule has 2 aromatic rings. The number of hydrogen-bond acceptors (Lipinski definition) is 4. The molecule has 0 bridgehead atoms. The van der Waals surface area contributed by atoms with Gasteiger partial charge in [0.25, 0.3) is 0 Å². The summed E-state index contributed by atoms with van der Waals surface area (Å²) in [4.78, 5) is 4.45. The first-order chi connectivity index (χ1) is 9.19. The molecule has 0 radical (unpaired) electrons. The summed E-state index contributed by atoms with van der Waals surface area (Å²) in [5.41, 5.74) is 1.18. The zero-order valence-corrected chi connectivity index (χ0v) is 12.8. The summed E-state index contributed by atoms with van der Waals surface area (Å²) >= 11 is 3.42. The normalized spacial score (nSPS) is 12.6. The maximum Gasteiger partial charge on any atom is 0.230 e. The van der Waals surface area contributed by atoms with Crippen molar-refractivity contribution >= 4 is 15.9 Å². The molecule has 5 heteroatoms. The second-order valence-electron chi connectivity index (χ2n) is 4.56. The summed E-state index contributed by atoms with van der Waals surface area (Å²) in [6.07, 6.45) is 0.699. The van der Waals surface area contributed by atoms with Crippen molar-refractivity contribution in [2.24, 2.45) is 0 Å². The molecule has 0 aliphatic rings. The van der Waals surface area contributed by atoms with Gasteiger partial charge in [0.2, 0.25) is 5.89 Å². The molecule has 0 spiro atoms. The summed E-state index contributed by atoms with van der Waals surface area (Å²) in [6.45, 7) is 5.97. The van der Waals surface area contributed by atoms with E-state index in [0.29, 0.717) is 12.3 Å². The fourth-order valence-corrected chi connectivity index (χ4v) is 2.04. The molecule has 0 aliphatic carbocycles. The third kappa shape index (κ3) is 4.14. The van der Waals surface area contributed by atoms with Crippen molar-refractivity contribution < 1.29 is 4.52 Å². The van der Waals surface area contributed by atoms with Crippen LogP contribution >= 0.6 is 15.9 Å². The molecule has 0 aliphatic heterocycles. The molecule has 1 heterocycles. The van der Waals surface area contributed by atoms with Gasteiger partial charge >= 0.3 is 0 Å². The Labute approximate surface area is 121 Å². The van der Waals surface area contributed by atoms with E-state index in [2.05, 4.69) is 57.4 Å². The molecule has 1 atom stereocenters. The molecule has 0 saturated carbocycles. The van der Waals surface area contributed by atoms with E-state index in [1.165, 1.54) is 5.56 Å². The van der Waals surface area contributed by atoms with Crippen molar-refractivity contribution in [3.63, 3.8) is 0 Å². The molecule has 2 rings (SSSR count). The molecular formula is C14H18BrN3O. The Balaban J connectivity index is 1.98. The quantitative estimate of drug-likeness (QED) is 0.887. The summed E-state index contributed by atoms with van der Waals surface area (Å²) in [6, 6.07) is 8.15. The number of likely N-dealkylation sites (N-methyl/N-ethyl adjacent to an activating group) is 1. The minimum absolute atomic E-state index is 0.242. The zero-order chi connectivity index (χ0) is 13.7. The van der Waals surface area contributed by atoms with Crippen LogP contribution in [0.15, 0.2) is 33.3 Å². The second kappa shape index (κ2) is 6.82. The van der Waals surface area contributed by atoms with Crippen LogP contribution in [-0.2, 0) is 6.42 Å². The van der Waals surface area contributed by atoms with Gasteiger partial charge in [-0.05, 0) is 24.2 Å². The largest absolute Gasteiger partial charge is 0.339 e. The van der Waals surface area contributed by atoms with Gasteiger partial charge in [-0.2, -0.15) is 4.98 Å². The number of hydrogen-bond donors (Lipinski definition) is 1. The Hall–Kier alpha value is -1.20. The maximum absolute atomic E-state index is 5.31. The van der Waals surface area contributed by atoms with Gasteiger partial charge in [0.05, 0.1) is 0 Å². The van der Waals surface area contributed by atoms with Gasteiger partial charge < -0.3 is 9.84 Å². The second-order valence-corrected chi connectivity index (χ2v) is 5.48. The van der Waals surface area contributed by atoms with Gasteiger partial charge in [0.1, 0.15) is 0 Å². The van der Waals surface area contributed by atoms with E-state index in [4.69, 9.17) is 4.52 Å². The van der Waals surface area contributed by atoms with E-state index < -0.39 is 0 Å². The van der Waals surface area contributed by atoms with Crippen molar-refractivity contribution in [1.82, 2.24) is 15.5 Å². The lowest BCUT2D eigenvalue weighted by Gasteiger charge is -2.05. The van der Waals surface area contributed by atoms with E-state index in [9.17, 15) is 0 Å². The number of aromatic nitrogens is 2. The molecule has 0 saturated heterocycles. The highest BCUT2D eigenvalue weighted by Crippen LogP contribution is 2.15. The van der Waals surface area contributed by atoms with Crippen LogP contribution in [0.3, 0.4) is 0 Å². The molecule has 1 unspecified atom stereocenters. The van der Waals surface area contributed by atoms with Crippen molar-refractivity contribution in [2.45, 2.75) is 26.2 Å². The molecule has 0 amide bonds. The van der Waals surface area contributed by atoms with Crippen LogP contribution in [0.5, 0.6) is 0 Å². The van der Waals surface area contributed by atoms with Crippen molar-refractivity contribution in [3.05, 3.63) is 46.0 Å². The van der Waals surface area contributed by atoms with Crippen molar-refractivity contribution in [3.8, 4) is 0 Å². The predicted molar refractivity (Wildman–Crippen MR) is 78.2 cm³/mol. The Bertz CT molecular complexity index is 510. The molecule has 102 valence electrons. The highest BCUT2D eigenvalue weighted by atomic mass is 79.9. The first-order valence-corrected chi connectivity index (χ1v) is 7.26. The first-order valence-electron chi connectivity index (χ1n) is 6.46. The van der Waals surface area contributed by atoms with E-state index in [1.807, 2.05) is 12.1 Å². The highest BCUT2D eigenvalue weighted by molar-refractivity contribution is 9.10. The van der Waals surface area contributed by atoms with Gasteiger partial charge in [-0.3, -0.25) is 0 Å². The SMILES string of the molecule is CCNCC(C)c1nc(Cc2ccc(Br)cc2)no1. The number of nitrogens with zero attached hydrogens (tertiary/aromatic N) is 2. The number of halogens is 1. The molecule has 1 N–H and O–H groups in total. The fourth-order valence-electron chi connectivity index (χ4n) is 1.77. The lowest BCUT2D eigenvalue weighted by molar-refractivity contribution is 0.352. The van der Waals surface area contributed by atoms with Gasteiger partial charge in [0.15, 0.2) is 5.82 Å². The van der Waals surface area contributed by atoms with E-state index in [1.54, 1.807) is 0 Å². The number of benzene rings is 1. The topological polar surface area (TPSA) is 51.0 Å². The molecule has 19 heavy (non-hydrogen) atoms. The predicted octanol–water partition coefficient (Wildman–Crippen LogP) is 3.14. The maximum atomic E-state index is 5.31.